The molecule has 0 aromatic heterocycles. The van der Waals surface area contributed by atoms with E-state index in [0.717, 1.165) is 25.7 Å². The van der Waals surface area contributed by atoms with Gasteiger partial charge in [-0.3, -0.25) is 9.36 Å². The molecule has 0 rings (SSSR count). The van der Waals surface area contributed by atoms with Crippen molar-refractivity contribution in [3.05, 3.63) is 0 Å². The molecule has 0 fully saturated rings. The first-order valence-corrected chi connectivity index (χ1v) is 16.8. The number of nitrogens with zero attached hydrogens (tertiary/aromatic N) is 1. The van der Waals surface area contributed by atoms with E-state index >= 15 is 0 Å². The highest BCUT2D eigenvalue weighted by atomic mass is 31.2. The lowest BCUT2D eigenvalue weighted by molar-refractivity contribution is -0.870. The number of carbonyl (C=O) groups is 1. The normalized spacial score (nSPS) is 16.1. The molecule has 10 heteroatoms. The Hall–Kier alpha value is -0.540. The molecule has 0 aromatic rings. The number of likely N-dealkylation sites (N-methyl/N-ethyl adjacent to an activating group) is 1. The molecule has 0 bridgehead atoms. The molecule has 0 saturated carbocycles. The number of phosphoric ester groups is 1. The van der Waals surface area contributed by atoms with Gasteiger partial charge in [0.15, 0.2) is 0 Å². The average molecular weight is 582 g/mol. The third-order valence-corrected chi connectivity index (χ3v) is 8.00. The van der Waals surface area contributed by atoms with Crippen molar-refractivity contribution >= 4 is 13.8 Å². The largest absolute Gasteiger partial charge is 0.756 e. The number of aliphatic carboxylic acids is 1. The SMILES string of the molecule is CCCCCCCCCCCCCCC(C)[C@@H](OP(=O)([O-])OCC[N+](C)(C)C)[C@H](CO)OCCCCC(=O)O. The average Bonchev–Trinajstić information content (AvgIpc) is 2.84. The van der Waals surface area contributed by atoms with E-state index in [4.69, 9.17) is 18.9 Å². The second kappa shape index (κ2) is 23.1. The first-order chi connectivity index (χ1) is 18.4. The van der Waals surface area contributed by atoms with Crippen LogP contribution < -0.4 is 4.89 Å². The Kier molecular flexibility index (Phi) is 22.8. The van der Waals surface area contributed by atoms with Crippen LogP contribution in [0.2, 0.25) is 0 Å². The Morgan fingerprint density at radius 2 is 1.41 bits per heavy atom. The van der Waals surface area contributed by atoms with Gasteiger partial charge in [0.2, 0.25) is 0 Å². The van der Waals surface area contributed by atoms with Crippen LogP contribution >= 0.6 is 7.82 Å². The molecule has 0 spiro atoms. The van der Waals surface area contributed by atoms with Crippen LogP contribution in [0, 0.1) is 5.92 Å². The van der Waals surface area contributed by atoms with Crippen molar-refractivity contribution in [3.63, 3.8) is 0 Å². The molecule has 234 valence electrons. The predicted molar refractivity (Wildman–Crippen MR) is 155 cm³/mol. The number of unbranched alkanes of at least 4 members (excludes halogenated alkanes) is 12. The maximum atomic E-state index is 12.7. The van der Waals surface area contributed by atoms with Crippen molar-refractivity contribution in [2.45, 2.75) is 129 Å². The second-order valence-electron chi connectivity index (χ2n) is 12.0. The van der Waals surface area contributed by atoms with Crippen LogP contribution in [-0.2, 0) is 23.1 Å². The van der Waals surface area contributed by atoms with Crippen LogP contribution in [-0.4, -0.2) is 80.4 Å². The summed E-state index contributed by atoms with van der Waals surface area (Å²) in [5.41, 5.74) is 0. The molecule has 0 aliphatic heterocycles. The highest BCUT2D eigenvalue weighted by Gasteiger charge is 2.32. The fourth-order valence-electron chi connectivity index (χ4n) is 4.48. The summed E-state index contributed by atoms with van der Waals surface area (Å²) < 4.78 is 29.6. The Morgan fingerprint density at radius 1 is 0.872 bits per heavy atom. The number of hydrogen-bond donors (Lipinski definition) is 2. The number of aliphatic hydroxyl groups is 1. The number of phosphoric acid groups is 1. The number of carboxylic acids is 1. The molecule has 0 saturated heterocycles. The smallest absolute Gasteiger partial charge is 0.303 e. The maximum absolute atomic E-state index is 12.7. The van der Waals surface area contributed by atoms with Gasteiger partial charge in [0.25, 0.3) is 7.82 Å². The van der Waals surface area contributed by atoms with E-state index in [1.807, 2.05) is 28.1 Å². The Labute approximate surface area is 238 Å². The van der Waals surface area contributed by atoms with Gasteiger partial charge >= 0.3 is 5.97 Å². The van der Waals surface area contributed by atoms with Gasteiger partial charge in [-0.25, -0.2) is 0 Å². The van der Waals surface area contributed by atoms with Crippen LogP contribution in [0.3, 0.4) is 0 Å². The molecule has 0 radical (unpaired) electrons. The number of quaternary nitrogens is 1. The zero-order valence-electron chi connectivity index (χ0n) is 25.6. The number of ether oxygens (including phenoxy) is 1. The quantitative estimate of drug-likeness (QED) is 0.0662. The molecule has 0 aromatic carbocycles. The van der Waals surface area contributed by atoms with Crippen LogP contribution in [0.5, 0.6) is 0 Å². The number of rotatable bonds is 28. The van der Waals surface area contributed by atoms with Gasteiger partial charge in [-0.1, -0.05) is 90.9 Å². The number of carboxylic acid groups (broad SMARTS) is 1. The Balaban J connectivity index is 4.70. The van der Waals surface area contributed by atoms with Crippen LogP contribution in [0.4, 0.5) is 0 Å². The highest BCUT2D eigenvalue weighted by Crippen LogP contribution is 2.43. The molecule has 9 nitrogen and oxygen atoms in total. The van der Waals surface area contributed by atoms with Gasteiger partial charge in [-0.15, -0.1) is 0 Å². The van der Waals surface area contributed by atoms with Gasteiger partial charge in [0.1, 0.15) is 19.3 Å². The second-order valence-corrected chi connectivity index (χ2v) is 13.3. The van der Waals surface area contributed by atoms with Crippen molar-refractivity contribution in [2.24, 2.45) is 5.92 Å². The van der Waals surface area contributed by atoms with E-state index in [-0.39, 0.29) is 25.6 Å². The molecular formula is C29H60NO8P. The lowest BCUT2D eigenvalue weighted by Crippen LogP contribution is -2.41. The number of hydrogen-bond acceptors (Lipinski definition) is 7. The van der Waals surface area contributed by atoms with E-state index < -0.39 is 32.6 Å². The minimum Gasteiger partial charge on any atom is -0.756 e. The topological polar surface area (TPSA) is 125 Å². The standard InChI is InChI=1S/C29H60NO8P/c1-6-7-8-9-10-11-12-13-14-15-16-17-20-26(2)29(27(25-31)36-23-19-18-21-28(32)33)38-39(34,35)37-24-22-30(3,4)5/h26-27,29,31H,6-25H2,1-5H3,(H-,32,33,34,35)/t26?,27-,29+/m0/s1. The molecule has 2 unspecified atom stereocenters. The number of aliphatic hydroxyl groups excluding tert-OH is 1. The van der Waals surface area contributed by atoms with Crippen LogP contribution in [0.25, 0.3) is 0 Å². The van der Waals surface area contributed by atoms with Crippen LogP contribution in [0.1, 0.15) is 117 Å². The Bertz CT molecular complexity index is 643. The summed E-state index contributed by atoms with van der Waals surface area (Å²) >= 11 is 0. The lowest BCUT2D eigenvalue weighted by atomic mass is 9.93. The van der Waals surface area contributed by atoms with Gasteiger partial charge in [-0.05, 0) is 25.2 Å². The molecule has 2 N–H and O–H groups in total. The lowest BCUT2D eigenvalue weighted by Gasteiger charge is -2.36. The highest BCUT2D eigenvalue weighted by molar-refractivity contribution is 7.45. The summed E-state index contributed by atoms with van der Waals surface area (Å²) in [4.78, 5) is 23.4. The third-order valence-electron chi connectivity index (χ3n) is 7.00. The summed E-state index contributed by atoms with van der Waals surface area (Å²) in [6.07, 6.45) is 15.0. The minimum absolute atomic E-state index is 0.00392. The van der Waals surface area contributed by atoms with E-state index in [1.54, 1.807) is 0 Å². The zero-order chi connectivity index (χ0) is 29.6. The fourth-order valence-corrected chi connectivity index (χ4v) is 5.49. The van der Waals surface area contributed by atoms with Gasteiger partial charge in [-0.2, -0.15) is 0 Å². The first kappa shape index (κ1) is 38.5. The monoisotopic (exact) mass is 581 g/mol. The maximum Gasteiger partial charge on any atom is 0.303 e. The van der Waals surface area contributed by atoms with Crippen molar-refractivity contribution in [1.82, 2.24) is 0 Å². The zero-order valence-corrected chi connectivity index (χ0v) is 26.5. The van der Waals surface area contributed by atoms with E-state index in [0.29, 0.717) is 23.9 Å². The van der Waals surface area contributed by atoms with E-state index in [1.165, 1.54) is 57.8 Å². The summed E-state index contributed by atoms with van der Waals surface area (Å²) in [6, 6.07) is 0. The molecular weight excluding hydrogens is 521 g/mol. The molecule has 0 amide bonds. The van der Waals surface area contributed by atoms with Crippen molar-refractivity contribution in [1.29, 1.82) is 0 Å². The summed E-state index contributed by atoms with van der Waals surface area (Å²) in [6.45, 7) is 4.49. The predicted octanol–water partition coefficient (Wildman–Crippen LogP) is 5.92. The molecule has 0 aliphatic carbocycles. The van der Waals surface area contributed by atoms with E-state index in [2.05, 4.69) is 6.92 Å². The van der Waals surface area contributed by atoms with Gasteiger partial charge < -0.3 is 33.4 Å². The molecule has 0 aliphatic rings. The fraction of sp³-hybridized carbons (Fsp3) is 0.966. The molecule has 39 heavy (non-hydrogen) atoms. The van der Waals surface area contributed by atoms with Crippen LogP contribution in [0.15, 0.2) is 0 Å². The third kappa shape index (κ3) is 23.8. The first-order valence-electron chi connectivity index (χ1n) is 15.3. The van der Waals surface area contributed by atoms with Crippen molar-refractivity contribution in [3.8, 4) is 0 Å². The van der Waals surface area contributed by atoms with Crippen molar-refractivity contribution < 1.29 is 42.7 Å². The van der Waals surface area contributed by atoms with Crippen molar-refractivity contribution in [2.75, 3.05) is 47.5 Å². The summed E-state index contributed by atoms with van der Waals surface area (Å²) in [5.74, 6) is -1.04. The van der Waals surface area contributed by atoms with Gasteiger partial charge in [0.05, 0.1) is 33.9 Å². The summed E-state index contributed by atoms with van der Waals surface area (Å²) in [5, 5.41) is 18.8. The Morgan fingerprint density at radius 3 is 1.90 bits per heavy atom. The molecule has 4 atom stereocenters. The summed E-state index contributed by atoms with van der Waals surface area (Å²) in [7, 11) is 1.22. The molecule has 0 heterocycles. The van der Waals surface area contributed by atoms with E-state index in [9.17, 15) is 19.4 Å². The van der Waals surface area contributed by atoms with Gasteiger partial charge in [0, 0.05) is 13.0 Å². The minimum atomic E-state index is -4.61.